The number of benzene rings is 3. The summed E-state index contributed by atoms with van der Waals surface area (Å²) in [7, 11) is 0. The van der Waals surface area contributed by atoms with Gasteiger partial charge in [-0.15, -0.1) is 0 Å². The van der Waals surface area contributed by atoms with Crippen molar-refractivity contribution in [2.24, 2.45) is 0 Å². The van der Waals surface area contributed by atoms with E-state index in [1.54, 1.807) is 0 Å². The number of para-hydroxylation sites is 1. The number of fused-ring (bicyclic) bond motifs is 3. The van der Waals surface area contributed by atoms with Crippen LogP contribution in [0.5, 0.6) is 11.5 Å². The van der Waals surface area contributed by atoms with Gasteiger partial charge in [0.05, 0.1) is 11.7 Å². The molecule has 29 heavy (non-hydrogen) atoms. The molecule has 0 spiro atoms. The van der Waals surface area contributed by atoms with Crippen molar-refractivity contribution < 1.29 is 4.74 Å². The van der Waals surface area contributed by atoms with Crippen LogP contribution in [0.25, 0.3) is 21.8 Å². The summed E-state index contributed by atoms with van der Waals surface area (Å²) in [4.78, 5) is 7.95. The third kappa shape index (κ3) is 3.65. The minimum absolute atomic E-state index is 0.673. The van der Waals surface area contributed by atoms with Crippen molar-refractivity contribution in [1.29, 1.82) is 0 Å². The summed E-state index contributed by atoms with van der Waals surface area (Å²) >= 11 is 0. The van der Waals surface area contributed by atoms with Gasteiger partial charge >= 0.3 is 0 Å². The van der Waals surface area contributed by atoms with E-state index in [-0.39, 0.29) is 0 Å². The first-order chi connectivity index (χ1) is 14.2. The number of hydrogen-bond donors (Lipinski definition) is 2. The molecule has 2 aromatic heterocycles. The highest BCUT2D eigenvalue weighted by molar-refractivity contribution is 6.07. The van der Waals surface area contributed by atoms with Crippen molar-refractivity contribution >= 4 is 27.6 Å². The van der Waals surface area contributed by atoms with Gasteiger partial charge in [0.25, 0.3) is 0 Å². The number of hydrogen-bond acceptors (Lipinski definition) is 3. The third-order valence-electron chi connectivity index (χ3n) is 5.02. The van der Waals surface area contributed by atoms with Crippen LogP contribution in [0.2, 0.25) is 0 Å². The molecule has 0 radical (unpaired) electrons. The van der Waals surface area contributed by atoms with Crippen molar-refractivity contribution in [3.05, 3.63) is 96.2 Å². The van der Waals surface area contributed by atoms with Crippen LogP contribution >= 0.6 is 0 Å². The third-order valence-corrected chi connectivity index (χ3v) is 5.02. The molecule has 0 saturated carbocycles. The lowest BCUT2D eigenvalue weighted by atomic mass is 10.2. The molecule has 4 nitrogen and oxygen atoms in total. The fraction of sp³-hybridized carbons (Fsp3) is 0.0800. The lowest BCUT2D eigenvalue weighted by Crippen LogP contribution is -2.01. The van der Waals surface area contributed by atoms with Gasteiger partial charge in [-0.05, 0) is 48.9 Å². The highest BCUT2D eigenvalue weighted by Gasteiger charge is 2.06. The Morgan fingerprint density at radius 1 is 0.828 bits per heavy atom. The van der Waals surface area contributed by atoms with Crippen molar-refractivity contribution in [2.45, 2.75) is 13.5 Å². The van der Waals surface area contributed by atoms with Crippen molar-refractivity contribution in [1.82, 2.24) is 9.97 Å². The molecule has 3 aromatic carbocycles. The van der Waals surface area contributed by atoms with Crippen molar-refractivity contribution in [2.75, 3.05) is 5.32 Å². The zero-order chi connectivity index (χ0) is 19.6. The number of pyridine rings is 1. The van der Waals surface area contributed by atoms with Gasteiger partial charge in [-0.25, -0.2) is 4.98 Å². The standard InChI is InChI=1S/C25H21N3O/c1-17-9-11-19(12-10-17)29-20-6-4-5-18(13-20)15-26-25-14-22-21-7-2-3-8-23(21)28-24(22)16-27-25/h2-14,16,28H,15H2,1H3,(H,26,27). The van der Waals surface area contributed by atoms with Gasteiger partial charge in [-0.3, -0.25) is 0 Å². The zero-order valence-electron chi connectivity index (χ0n) is 16.1. The lowest BCUT2D eigenvalue weighted by molar-refractivity contribution is 0.482. The molecule has 5 aromatic rings. The van der Waals surface area contributed by atoms with E-state index in [4.69, 9.17) is 4.74 Å². The molecule has 0 fully saturated rings. The van der Waals surface area contributed by atoms with E-state index in [9.17, 15) is 0 Å². The van der Waals surface area contributed by atoms with Crippen LogP contribution in [0, 0.1) is 6.92 Å². The second-order valence-corrected chi connectivity index (χ2v) is 7.20. The molecule has 142 valence electrons. The molecule has 0 bridgehead atoms. The molecule has 0 aliphatic carbocycles. The molecule has 5 rings (SSSR count). The minimum Gasteiger partial charge on any atom is -0.457 e. The fourth-order valence-electron chi connectivity index (χ4n) is 3.50. The number of H-pyrrole nitrogens is 1. The van der Waals surface area contributed by atoms with Gasteiger partial charge in [-0.2, -0.15) is 0 Å². The van der Waals surface area contributed by atoms with Crippen molar-refractivity contribution in [3.63, 3.8) is 0 Å². The van der Waals surface area contributed by atoms with Crippen LogP contribution in [0.1, 0.15) is 11.1 Å². The van der Waals surface area contributed by atoms with Crippen LogP contribution in [0.3, 0.4) is 0 Å². The second kappa shape index (κ2) is 7.32. The largest absolute Gasteiger partial charge is 0.457 e. The Labute approximate surface area is 169 Å². The van der Waals surface area contributed by atoms with Crippen LogP contribution < -0.4 is 10.1 Å². The van der Waals surface area contributed by atoms with E-state index < -0.39 is 0 Å². The predicted octanol–water partition coefficient (Wildman–Crippen LogP) is 6.43. The molecular weight excluding hydrogens is 358 g/mol. The summed E-state index contributed by atoms with van der Waals surface area (Å²) in [6.45, 7) is 2.74. The maximum absolute atomic E-state index is 5.97. The summed E-state index contributed by atoms with van der Waals surface area (Å²) in [6.07, 6.45) is 1.88. The van der Waals surface area contributed by atoms with Crippen LogP contribution in [0.4, 0.5) is 5.82 Å². The summed E-state index contributed by atoms with van der Waals surface area (Å²) in [5.74, 6) is 2.52. The highest BCUT2D eigenvalue weighted by atomic mass is 16.5. The number of anilines is 1. The first-order valence-corrected chi connectivity index (χ1v) is 9.68. The molecule has 0 amide bonds. The minimum atomic E-state index is 0.673. The molecule has 2 heterocycles. The van der Waals surface area contributed by atoms with Gasteiger partial charge in [-0.1, -0.05) is 48.0 Å². The normalized spacial score (nSPS) is 11.1. The van der Waals surface area contributed by atoms with Gasteiger partial charge in [0.1, 0.15) is 17.3 Å². The Balaban J connectivity index is 1.33. The molecule has 0 atom stereocenters. The number of aryl methyl sites for hydroxylation is 1. The molecule has 0 aliphatic rings. The maximum atomic E-state index is 5.97. The Hall–Kier alpha value is -3.79. The van der Waals surface area contributed by atoms with Gasteiger partial charge in [0.2, 0.25) is 0 Å². The first kappa shape index (κ1) is 17.3. The van der Waals surface area contributed by atoms with Gasteiger partial charge in [0.15, 0.2) is 0 Å². The molecule has 0 unspecified atom stereocenters. The quantitative estimate of drug-likeness (QED) is 0.370. The number of ether oxygens (including phenoxy) is 1. The Morgan fingerprint density at radius 3 is 2.59 bits per heavy atom. The number of aromatic amines is 1. The molecule has 0 saturated heterocycles. The maximum Gasteiger partial charge on any atom is 0.127 e. The fourth-order valence-corrected chi connectivity index (χ4v) is 3.50. The van der Waals surface area contributed by atoms with Gasteiger partial charge < -0.3 is 15.0 Å². The number of aromatic nitrogens is 2. The van der Waals surface area contributed by atoms with E-state index in [1.807, 2.05) is 48.7 Å². The monoisotopic (exact) mass is 379 g/mol. The topological polar surface area (TPSA) is 49.9 Å². The van der Waals surface area contributed by atoms with E-state index in [0.29, 0.717) is 6.54 Å². The van der Waals surface area contributed by atoms with E-state index in [2.05, 4.69) is 58.6 Å². The average molecular weight is 379 g/mol. The first-order valence-electron chi connectivity index (χ1n) is 9.68. The van der Waals surface area contributed by atoms with E-state index >= 15 is 0 Å². The Morgan fingerprint density at radius 2 is 1.69 bits per heavy atom. The number of nitrogens with zero attached hydrogens (tertiary/aromatic N) is 1. The summed E-state index contributed by atoms with van der Waals surface area (Å²) in [5.41, 5.74) is 4.53. The van der Waals surface area contributed by atoms with Gasteiger partial charge in [0, 0.05) is 22.8 Å². The van der Waals surface area contributed by atoms with E-state index in [0.717, 1.165) is 33.9 Å². The molecule has 4 heteroatoms. The lowest BCUT2D eigenvalue weighted by Gasteiger charge is -2.09. The summed E-state index contributed by atoms with van der Waals surface area (Å²) in [6, 6.07) is 26.6. The van der Waals surface area contributed by atoms with Crippen LogP contribution in [0.15, 0.2) is 85.1 Å². The summed E-state index contributed by atoms with van der Waals surface area (Å²) in [5, 5.41) is 5.81. The molecule has 2 N–H and O–H groups in total. The van der Waals surface area contributed by atoms with Crippen molar-refractivity contribution in [3.8, 4) is 11.5 Å². The second-order valence-electron chi connectivity index (χ2n) is 7.20. The Kier molecular flexibility index (Phi) is 4.37. The smallest absolute Gasteiger partial charge is 0.127 e. The van der Waals surface area contributed by atoms with Crippen LogP contribution in [-0.4, -0.2) is 9.97 Å². The molecule has 0 aliphatic heterocycles. The number of nitrogens with one attached hydrogen (secondary N) is 2. The van der Waals surface area contributed by atoms with Crippen LogP contribution in [-0.2, 0) is 6.54 Å². The highest BCUT2D eigenvalue weighted by Crippen LogP contribution is 2.27. The average Bonchev–Trinajstić information content (AvgIpc) is 3.12. The molecular formula is C25H21N3O. The summed E-state index contributed by atoms with van der Waals surface area (Å²) < 4.78 is 5.97. The van der Waals surface area contributed by atoms with E-state index in [1.165, 1.54) is 16.3 Å². The number of rotatable bonds is 5. The SMILES string of the molecule is Cc1ccc(Oc2cccc(CNc3cc4c(cn3)[nH]c3ccccc34)c2)cc1. The Bertz CT molecular complexity index is 1290. The predicted molar refractivity (Wildman–Crippen MR) is 119 cm³/mol. The zero-order valence-corrected chi connectivity index (χ0v) is 16.1.